The lowest BCUT2D eigenvalue weighted by Gasteiger charge is -2.10. The van der Waals surface area contributed by atoms with Gasteiger partial charge in [-0.2, -0.15) is 0 Å². The zero-order chi connectivity index (χ0) is 16.4. The van der Waals surface area contributed by atoms with Crippen LogP contribution in [-0.2, 0) is 13.6 Å². The minimum absolute atomic E-state index is 0.221. The summed E-state index contributed by atoms with van der Waals surface area (Å²) >= 11 is 6.01. The van der Waals surface area contributed by atoms with Crippen molar-refractivity contribution in [3.63, 3.8) is 0 Å². The lowest BCUT2D eigenvalue weighted by atomic mass is 10.2. The highest BCUT2D eigenvalue weighted by molar-refractivity contribution is 6.31. The van der Waals surface area contributed by atoms with Crippen LogP contribution < -0.4 is 5.32 Å². The molecule has 0 aliphatic rings. The molecule has 3 nitrogen and oxygen atoms in total. The number of nitrogens with one attached hydrogen (secondary N) is 1. The Morgan fingerprint density at radius 1 is 1.13 bits per heavy atom. The smallest absolute Gasteiger partial charge is 0.203 e. The maximum Gasteiger partial charge on any atom is 0.203 e. The predicted octanol–water partition coefficient (Wildman–Crippen LogP) is 4.63. The molecule has 0 radical (unpaired) electrons. The summed E-state index contributed by atoms with van der Waals surface area (Å²) in [4.78, 5) is 4.28. The largest absolute Gasteiger partial charge is 0.351 e. The molecule has 3 rings (SSSR count). The fourth-order valence-corrected chi connectivity index (χ4v) is 2.56. The lowest BCUT2D eigenvalue weighted by molar-refractivity contribution is 0.612. The molecule has 0 unspecified atom stereocenters. The molecule has 0 aliphatic heterocycles. The molecule has 0 amide bonds. The third-order valence-corrected chi connectivity index (χ3v) is 3.97. The third-order valence-electron chi connectivity index (χ3n) is 3.61. The van der Waals surface area contributed by atoms with Crippen LogP contribution in [0.1, 0.15) is 5.56 Å². The highest BCUT2D eigenvalue weighted by atomic mass is 35.5. The van der Waals surface area contributed by atoms with Gasteiger partial charge in [0, 0.05) is 29.7 Å². The molecule has 6 heteroatoms. The van der Waals surface area contributed by atoms with Gasteiger partial charge in [0.25, 0.3) is 0 Å². The van der Waals surface area contributed by atoms with E-state index in [1.165, 1.54) is 18.2 Å². The SMILES string of the molecule is Cn1c(-c2ccc(F)cc2)cnc1NCc1c(F)cccc1Cl. The summed E-state index contributed by atoms with van der Waals surface area (Å²) in [5, 5.41) is 3.43. The standard InChI is InChI=1S/C17H14ClF2N3/c1-23-16(11-5-7-12(19)8-6-11)10-22-17(23)21-9-13-14(18)3-2-4-15(13)20/h2-8,10H,9H2,1H3,(H,21,22). The van der Waals surface area contributed by atoms with E-state index in [0.717, 1.165) is 11.3 Å². The Bertz CT molecular complexity index is 808. The molecule has 0 saturated carbocycles. The molecule has 0 saturated heterocycles. The van der Waals surface area contributed by atoms with Crippen LogP contribution in [0.5, 0.6) is 0 Å². The average Bonchev–Trinajstić information content (AvgIpc) is 2.89. The molecule has 3 aromatic rings. The summed E-state index contributed by atoms with van der Waals surface area (Å²) in [6.07, 6.45) is 1.68. The van der Waals surface area contributed by atoms with E-state index >= 15 is 0 Å². The zero-order valence-corrected chi connectivity index (χ0v) is 13.1. The second kappa shape index (κ2) is 6.38. The van der Waals surface area contributed by atoms with Gasteiger partial charge in [0.1, 0.15) is 11.6 Å². The van der Waals surface area contributed by atoms with Crippen molar-refractivity contribution in [3.05, 3.63) is 70.9 Å². The van der Waals surface area contributed by atoms with Gasteiger partial charge in [-0.3, -0.25) is 0 Å². The molecular formula is C17H14ClF2N3. The van der Waals surface area contributed by atoms with E-state index in [2.05, 4.69) is 10.3 Å². The Hall–Kier alpha value is -2.40. The van der Waals surface area contributed by atoms with Crippen LogP contribution >= 0.6 is 11.6 Å². The average molecular weight is 334 g/mol. The van der Waals surface area contributed by atoms with Gasteiger partial charge in [0.2, 0.25) is 5.95 Å². The van der Waals surface area contributed by atoms with E-state index in [1.807, 2.05) is 11.6 Å². The molecule has 0 bridgehead atoms. The number of nitrogens with zero attached hydrogens (tertiary/aromatic N) is 2. The second-order valence-electron chi connectivity index (χ2n) is 5.09. The summed E-state index contributed by atoms with van der Waals surface area (Å²) in [7, 11) is 1.83. The van der Waals surface area contributed by atoms with Crippen LogP contribution in [0.15, 0.2) is 48.7 Å². The number of hydrogen-bond donors (Lipinski definition) is 1. The van der Waals surface area contributed by atoms with E-state index in [-0.39, 0.29) is 18.2 Å². The molecule has 0 aliphatic carbocycles. The fraction of sp³-hybridized carbons (Fsp3) is 0.118. The van der Waals surface area contributed by atoms with Crippen molar-refractivity contribution >= 4 is 17.5 Å². The third kappa shape index (κ3) is 3.19. The molecular weight excluding hydrogens is 320 g/mol. The highest BCUT2D eigenvalue weighted by Gasteiger charge is 2.11. The number of benzene rings is 2. The van der Waals surface area contributed by atoms with E-state index in [0.29, 0.717) is 16.5 Å². The van der Waals surface area contributed by atoms with Crippen molar-refractivity contribution in [1.82, 2.24) is 9.55 Å². The fourth-order valence-electron chi connectivity index (χ4n) is 2.33. The molecule has 0 fully saturated rings. The van der Waals surface area contributed by atoms with Crippen molar-refractivity contribution in [1.29, 1.82) is 0 Å². The minimum atomic E-state index is -0.363. The number of rotatable bonds is 4. The molecule has 23 heavy (non-hydrogen) atoms. The molecule has 2 aromatic carbocycles. The van der Waals surface area contributed by atoms with Crippen LogP contribution in [0.3, 0.4) is 0 Å². The highest BCUT2D eigenvalue weighted by Crippen LogP contribution is 2.24. The zero-order valence-electron chi connectivity index (χ0n) is 12.4. The minimum Gasteiger partial charge on any atom is -0.351 e. The Morgan fingerprint density at radius 2 is 1.87 bits per heavy atom. The van der Waals surface area contributed by atoms with Crippen molar-refractivity contribution in [2.45, 2.75) is 6.54 Å². The number of halogens is 3. The second-order valence-corrected chi connectivity index (χ2v) is 5.49. The Balaban J connectivity index is 1.81. The number of imidazole rings is 1. The Labute approximate surface area is 137 Å². The molecule has 118 valence electrons. The summed E-state index contributed by atoms with van der Waals surface area (Å²) in [5.74, 6) is -0.0786. The van der Waals surface area contributed by atoms with Crippen molar-refractivity contribution < 1.29 is 8.78 Å². The molecule has 0 spiro atoms. The summed E-state index contributed by atoms with van der Waals surface area (Å²) in [5.41, 5.74) is 2.06. The quantitative estimate of drug-likeness (QED) is 0.754. The first kappa shape index (κ1) is 15.5. The van der Waals surface area contributed by atoms with Crippen LogP contribution in [0, 0.1) is 11.6 Å². The van der Waals surface area contributed by atoms with Crippen molar-refractivity contribution in [2.24, 2.45) is 7.05 Å². The molecule has 1 heterocycles. The van der Waals surface area contributed by atoms with E-state index < -0.39 is 0 Å². The van der Waals surface area contributed by atoms with Gasteiger partial charge < -0.3 is 9.88 Å². The monoisotopic (exact) mass is 333 g/mol. The molecule has 1 N–H and O–H groups in total. The van der Waals surface area contributed by atoms with Crippen LogP contribution in [-0.4, -0.2) is 9.55 Å². The van der Waals surface area contributed by atoms with Gasteiger partial charge >= 0.3 is 0 Å². The maximum atomic E-state index is 13.8. The molecule has 0 atom stereocenters. The van der Waals surface area contributed by atoms with Gasteiger partial charge in [-0.1, -0.05) is 17.7 Å². The van der Waals surface area contributed by atoms with E-state index in [4.69, 9.17) is 11.6 Å². The van der Waals surface area contributed by atoms with Gasteiger partial charge in [-0.15, -0.1) is 0 Å². The van der Waals surface area contributed by atoms with Gasteiger partial charge in [-0.05, 0) is 36.4 Å². The lowest BCUT2D eigenvalue weighted by Crippen LogP contribution is -2.07. The van der Waals surface area contributed by atoms with E-state index in [1.54, 1.807) is 30.5 Å². The normalized spacial score (nSPS) is 10.8. The number of anilines is 1. The van der Waals surface area contributed by atoms with Crippen LogP contribution in [0.4, 0.5) is 14.7 Å². The first-order chi connectivity index (χ1) is 11.1. The van der Waals surface area contributed by atoms with Crippen LogP contribution in [0.2, 0.25) is 5.02 Å². The van der Waals surface area contributed by atoms with Gasteiger partial charge in [0.15, 0.2) is 0 Å². The number of hydrogen-bond acceptors (Lipinski definition) is 2. The first-order valence-electron chi connectivity index (χ1n) is 7.00. The number of aromatic nitrogens is 2. The van der Waals surface area contributed by atoms with Crippen molar-refractivity contribution in [2.75, 3.05) is 5.32 Å². The van der Waals surface area contributed by atoms with Crippen molar-refractivity contribution in [3.8, 4) is 11.3 Å². The predicted molar refractivity (Wildman–Crippen MR) is 87.3 cm³/mol. The summed E-state index contributed by atoms with van der Waals surface area (Å²) < 4.78 is 28.6. The van der Waals surface area contributed by atoms with Gasteiger partial charge in [0.05, 0.1) is 11.9 Å². The van der Waals surface area contributed by atoms with Gasteiger partial charge in [-0.25, -0.2) is 13.8 Å². The van der Waals surface area contributed by atoms with E-state index in [9.17, 15) is 8.78 Å². The summed E-state index contributed by atoms with van der Waals surface area (Å²) in [6.45, 7) is 0.221. The molecule has 1 aromatic heterocycles. The summed E-state index contributed by atoms with van der Waals surface area (Å²) in [6, 6.07) is 10.7. The first-order valence-corrected chi connectivity index (χ1v) is 7.38. The topological polar surface area (TPSA) is 29.9 Å². The Kier molecular flexibility index (Phi) is 4.30. The Morgan fingerprint density at radius 3 is 2.57 bits per heavy atom. The van der Waals surface area contributed by atoms with Crippen LogP contribution in [0.25, 0.3) is 11.3 Å². The maximum absolute atomic E-state index is 13.8.